The van der Waals surface area contributed by atoms with Crippen LogP contribution < -0.4 is 19.6 Å². The Hall–Kier alpha value is -6.46. The molecule has 0 aliphatic carbocycles. The van der Waals surface area contributed by atoms with Gasteiger partial charge in [0.05, 0.1) is 38.9 Å². The van der Waals surface area contributed by atoms with Crippen LogP contribution in [0.3, 0.4) is 0 Å². The van der Waals surface area contributed by atoms with E-state index in [1.54, 1.807) is 19.1 Å². The summed E-state index contributed by atoms with van der Waals surface area (Å²) in [6, 6.07) is 32.5. The summed E-state index contributed by atoms with van der Waals surface area (Å²) in [6.07, 6.45) is 1.68. The van der Waals surface area contributed by atoms with E-state index in [4.69, 9.17) is 14.5 Å². The van der Waals surface area contributed by atoms with Gasteiger partial charge in [0, 0.05) is 23.3 Å². The predicted molar refractivity (Wildman–Crippen MR) is 204 cm³/mol. The van der Waals surface area contributed by atoms with Crippen LogP contribution in [-0.2, 0) is 9.53 Å². The van der Waals surface area contributed by atoms with E-state index in [2.05, 4.69) is 13.8 Å². The van der Waals surface area contributed by atoms with Crippen molar-refractivity contribution in [1.82, 2.24) is 4.57 Å². The zero-order chi connectivity index (χ0) is 37.2. The lowest BCUT2D eigenvalue weighted by atomic mass is 9.91. The Labute approximate surface area is 307 Å². The molecule has 0 radical (unpaired) electrons. The van der Waals surface area contributed by atoms with Crippen molar-refractivity contribution in [2.24, 2.45) is 4.99 Å². The van der Waals surface area contributed by atoms with Crippen LogP contribution in [0.25, 0.3) is 22.5 Å². The summed E-state index contributed by atoms with van der Waals surface area (Å²) in [5.41, 5.74) is 3.25. The number of carbonyl (C=O) groups is 2. The first kappa shape index (κ1) is 35.0. The Morgan fingerprint density at radius 3 is 2.28 bits per heavy atom. The predicted octanol–water partition coefficient (Wildman–Crippen LogP) is 7.34. The molecule has 1 atom stereocenters. The molecule has 6 aromatic rings. The number of hydrogen-bond acceptors (Lipinski definition) is 9. The summed E-state index contributed by atoms with van der Waals surface area (Å²) in [7, 11) is 0. The Morgan fingerprint density at radius 1 is 0.906 bits per heavy atom. The van der Waals surface area contributed by atoms with Crippen LogP contribution in [0, 0.1) is 10.1 Å². The van der Waals surface area contributed by atoms with Crippen molar-refractivity contribution in [2.75, 3.05) is 6.61 Å². The normalized spacial score (nSPS) is 14.2. The van der Waals surface area contributed by atoms with Crippen molar-refractivity contribution < 1.29 is 24.0 Å². The van der Waals surface area contributed by atoms with Crippen LogP contribution in [0.4, 0.5) is 5.69 Å². The number of aromatic nitrogens is 1. The van der Waals surface area contributed by atoms with Crippen molar-refractivity contribution in [2.45, 2.75) is 32.7 Å². The first-order chi connectivity index (χ1) is 25.6. The lowest BCUT2D eigenvalue weighted by Gasteiger charge is -2.26. The molecule has 7 rings (SSSR count). The van der Waals surface area contributed by atoms with E-state index in [9.17, 15) is 24.5 Å². The topological polar surface area (TPSA) is 130 Å². The molecule has 5 aromatic carbocycles. The second-order valence-corrected chi connectivity index (χ2v) is 13.7. The molecule has 0 unspecified atom stereocenters. The highest BCUT2D eigenvalue weighted by Crippen LogP contribution is 2.36. The molecule has 11 heteroatoms. The van der Waals surface area contributed by atoms with E-state index in [1.807, 2.05) is 84.9 Å². The van der Waals surface area contributed by atoms with Gasteiger partial charge < -0.3 is 9.47 Å². The minimum Gasteiger partial charge on any atom is -0.463 e. The number of nitro groups is 1. The third-order valence-electron chi connectivity index (χ3n) is 9.02. The van der Waals surface area contributed by atoms with E-state index in [0.717, 1.165) is 33.2 Å². The van der Waals surface area contributed by atoms with Crippen LogP contribution in [-0.4, -0.2) is 28.0 Å². The van der Waals surface area contributed by atoms with Gasteiger partial charge in [-0.15, -0.1) is 0 Å². The van der Waals surface area contributed by atoms with Gasteiger partial charge in [0.2, 0.25) is 0 Å². The van der Waals surface area contributed by atoms with E-state index in [0.29, 0.717) is 26.2 Å². The van der Waals surface area contributed by atoms with E-state index >= 15 is 0 Å². The monoisotopic (exact) mass is 723 g/mol. The first-order valence-corrected chi connectivity index (χ1v) is 17.8. The highest BCUT2D eigenvalue weighted by Gasteiger charge is 2.35. The molecule has 10 nitrogen and oxygen atoms in total. The molecule has 1 aliphatic heterocycles. The molecule has 0 spiro atoms. The number of carbonyl (C=O) groups excluding carboxylic acids is 2. The number of nitro benzene ring substituents is 1. The molecule has 2 heterocycles. The standard InChI is InChI=1S/C42H33N3O7S/c1-4-51-41(48)36-37(28-11-6-5-7-12-28)43-42-44(38(36)29-16-14-26(15-17-29)25(2)3)39(46)35(53-42)24-33-32-13-9-8-10-27(32)20-23-34(33)52-40(47)30-18-21-31(22-19-30)45(49)50/h5-25,38H,4H2,1-3H3/b35-24-/t38-/m0/s1. The molecule has 0 saturated carbocycles. The molecule has 1 aromatic heterocycles. The van der Waals surface area contributed by atoms with Gasteiger partial charge in [-0.1, -0.05) is 110 Å². The maximum absolute atomic E-state index is 14.7. The Bertz CT molecular complexity index is 2610. The van der Waals surface area contributed by atoms with Crippen LogP contribution in [0.2, 0.25) is 0 Å². The summed E-state index contributed by atoms with van der Waals surface area (Å²) < 4.78 is 13.3. The van der Waals surface area contributed by atoms with E-state index < -0.39 is 22.9 Å². The smallest absolute Gasteiger partial charge is 0.343 e. The molecular formula is C42H33N3O7S. The average Bonchev–Trinajstić information content (AvgIpc) is 3.49. The Morgan fingerprint density at radius 2 is 1.60 bits per heavy atom. The molecule has 53 heavy (non-hydrogen) atoms. The van der Waals surface area contributed by atoms with Gasteiger partial charge in [0.15, 0.2) is 4.80 Å². The minimum atomic E-state index is -0.851. The fraction of sp³-hybridized carbons (Fsp3) is 0.143. The zero-order valence-corrected chi connectivity index (χ0v) is 29.8. The minimum absolute atomic E-state index is 0.123. The van der Waals surface area contributed by atoms with Gasteiger partial charge >= 0.3 is 11.9 Å². The first-order valence-electron chi connectivity index (χ1n) is 17.0. The van der Waals surface area contributed by atoms with Crippen LogP contribution >= 0.6 is 11.3 Å². The number of esters is 2. The van der Waals surface area contributed by atoms with Crippen LogP contribution in [0.15, 0.2) is 131 Å². The quantitative estimate of drug-likeness (QED) is 0.0661. The van der Waals surface area contributed by atoms with Gasteiger partial charge in [-0.25, -0.2) is 14.6 Å². The summed E-state index contributed by atoms with van der Waals surface area (Å²) in [4.78, 5) is 57.8. The maximum atomic E-state index is 14.7. The summed E-state index contributed by atoms with van der Waals surface area (Å²) in [6.45, 7) is 6.06. The van der Waals surface area contributed by atoms with Crippen molar-refractivity contribution in [3.8, 4) is 5.75 Å². The Balaban J connectivity index is 1.44. The average molecular weight is 724 g/mol. The number of non-ortho nitro benzene ring substituents is 1. The molecule has 0 amide bonds. The number of hydrogen-bond donors (Lipinski definition) is 0. The SMILES string of the molecule is CCOC(=O)C1=C(c2ccccc2)N=c2s/c(=C\c3c(OC(=O)c4ccc([N+](=O)[O-])cc4)ccc4ccccc34)c(=O)n2[C@H]1c1ccc(C(C)C)cc1. The van der Waals surface area contributed by atoms with E-state index in [-0.39, 0.29) is 40.7 Å². The zero-order valence-electron chi connectivity index (χ0n) is 29.0. The number of fused-ring (bicyclic) bond motifs is 2. The fourth-order valence-corrected chi connectivity index (χ4v) is 7.32. The lowest BCUT2D eigenvalue weighted by molar-refractivity contribution is -0.384. The van der Waals surface area contributed by atoms with Crippen molar-refractivity contribution in [3.05, 3.63) is 178 Å². The molecule has 0 N–H and O–H groups in total. The largest absolute Gasteiger partial charge is 0.463 e. The third-order valence-corrected chi connectivity index (χ3v) is 10.00. The number of rotatable bonds is 9. The highest BCUT2D eigenvalue weighted by molar-refractivity contribution is 7.07. The number of ether oxygens (including phenoxy) is 2. The number of benzene rings is 5. The highest BCUT2D eigenvalue weighted by atomic mass is 32.1. The Kier molecular flexibility index (Phi) is 9.66. The number of thiazole rings is 1. The van der Waals surface area contributed by atoms with Gasteiger partial charge in [0.25, 0.3) is 11.2 Å². The van der Waals surface area contributed by atoms with Crippen LogP contribution in [0.1, 0.15) is 65.3 Å². The lowest BCUT2D eigenvalue weighted by Crippen LogP contribution is -2.40. The molecular weight excluding hydrogens is 691 g/mol. The summed E-state index contributed by atoms with van der Waals surface area (Å²) in [5, 5.41) is 12.7. The molecule has 0 saturated heterocycles. The third kappa shape index (κ3) is 6.82. The van der Waals surface area contributed by atoms with E-state index in [1.165, 1.54) is 28.8 Å². The van der Waals surface area contributed by atoms with Gasteiger partial charge in [-0.05, 0) is 59.0 Å². The number of nitrogens with zero attached hydrogens (tertiary/aromatic N) is 3. The van der Waals surface area contributed by atoms with Gasteiger partial charge in [0.1, 0.15) is 5.75 Å². The molecule has 0 bridgehead atoms. The van der Waals surface area contributed by atoms with Crippen molar-refractivity contribution >= 4 is 51.5 Å². The van der Waals surface area contributed by atoms with Crippen LogP contribution in [0.5, 0.6) is 5.75 Å². The molecule has 1 aliphatic rings. The molecule has 264 valence electrons. The fourth-order valence-electron chi connectivity index (χ4n) is 6.34. The van der Waals surface area contributed by atoms with Gasteiger partial charge in [-0.2, -0.15) is 0 Å². The second-order valence-electron chi connectivity index (χ2n) is 12.6. The summed E-state index contributed by atoms with van der Waals surface area (Å²) >= 11 is 1.16. The maximum Gasteiger partial charge on any atom is 0.343 e. The molecule has 0 fully saturated rings. The summed E-state index contributed by atoms with van der Waals surface area (Å²) in [5.74, 6) is -0.828. The van der Waals surface area contributed by atoms with Gasteiger partial charge in [-0.3, -0.25) is 19.5 Å². The second kappa shape index (κ2) is 14.6. The van der Waals surface area contributed by atoms with Crippen molar-refractivity contribution in [3.63, 3.8) is 0 Å². The van der Waals surface area contributed by atoms with Crippen molar-refractivity contribution in [1.29, 1.82) is 0 Å².